The Balaban J connectivity index is 0.000000146. The van der Waals surface area contributed by atoms with Crippen molar-refractivity contribution in [3.05, 3.63) is 530 Å². The van der Waals surface area contributed by atoms with E-state index in [-0.39, 0.29) is 21.7 Å². The van der Waals surface area contributed by atoms with Crippen LogP contribution in [0.3, 0.4) is 0 Å². The lowest BCUT2D eigenvalue weighted by molar-refractivity contribution is 0.659. The Morgan fingerprint density at radius 1 is 0.141 bits per heavy atom. The summed E-state index contributed by atoms with van der Waals surface area (Å²) in [5.41, 5.74) is 52.3. The van der Waals surface area contributed by atoms with Crippen molar-refractivity contribution in [1.82, 2.24) is 9.13 Å². The number of benzene rings is 21. The van der Waals surface area contributed by atoms with E-state index in [0.29, 0.717) is 0 Å². The number of aromatic nitrogens is 2. The third-order valence-corrected chi connectivity index (χ3v) is 31.7. The molecule has 0 saturated heterocycles. The van der Waals surface area contributed by atoms with E-state index in [2.05, 4.69) is 560 Å². The number of hydrogen-bond donors (Lipinski definition) is 0. The fourth-order valence-corrected chi connectivity index (χ4v) is 24.1. The van der Waals surface area contributed by atoms with Gasteiger partial charge in [0.05, 0.1) is 22.1 Å². The maximum atomic E-state index is 2.45. The van der Waals surface area contributed by atoms with E-state index < -0.39 is 0 Å². The standard InChI is InChI=1S/C72H54N2.C66H50N2/c1-71(2)65-19-11-8-16-59(65)61-41-39-57(45-67(61)71)73(58-40-42-62-60-17-9-12-20-66(60)72(3,4)68(62)46-58)56-37-34-52(35-38-56)51-28-26-48(27-29-51)47-22-24-49(25-23-47)50-30-32-53(33-31-50)54-36-43-70-64(44-54)63-18-10-13-21-69(63)74(70)55-14-6-5-7-15-55;1-65(2)59-19-11-8-16-53(59)55-37-35-51(41-61(55)65)67(52-36-38-56-54-17-9-12-20-60(54)66(3,4)62(56)42-52)50-33-30-46(31-34-50)45-24-22-43(23-25-45)44-26-28-47(29-27-44)48-32-39-64-58(40-48)57-18-10-13-21-63(57)68(64)49-14-6-5-7-15-49/h5-46H,1-4H3;5-42H,1-4H3. The Bertz CT molecular complexity index is 8720. The number of hydrogen-bond acceptors (Lipinski definition) is 2. The van der Waals surface area contributed by atoms with E-state index in [4.69, 9.17) is 0 Å². The van der Waals surface area contributed by atoms with Crippen molar-refractivity contribution in [2.24, 2.45) is 0 Å². The van der Waals surface area contributed by atoms with Gasteiger partial charge in [0.2, 0.25) is 0 Å². The average Bonchev–Trinajstić information content (AvgIpc) is 1.58. The van der Waals surface area contributed by atoms with Crippen molar-refractivity contribution in [2.45, 2.75) is 77.0 Å². The first-order chi connectivity index (χ1) is 69.4. The quantitative estimate of drug-likeness (QED) is 0.102. The normalized spacial score (nSPS) is 13.7. The minimum Gasteiger partial charge on any atom is -0.310 e. The van der Waals surface area contributed by atoms with Gasteiger partial charge in [-0.1, -0.05) is 407 Å². The molecule has 23 aromatic rings. The monoisotopic (exact) mass is 1820 g/mol. The zero-order chi connectivity index (χ0) is 95.4. The fraction of sp³-hybridized carbons (Fsp3) is 0.0870. The second-order valence-electron chi connectivity index (χ2n) is 41.1. The molecule has 0 unspecified atom stereocenters. The molecule has 0 amide bonds. The zero-order valence-corrected chi connectivity index (χ0v) is 81.0. The van der Waals surface area contributed by atoms with Crippen LogP contribution in [0, 0.1) is 0 Å². The highest BCUT2D eigenvalue weighted by Gasteiger charge is 2.41. The maximum absolute atomic E-state index is 2.45. The van der Waals surface area contributed by atoms with Crippen LogP contribution in [0.1, 0.15) is 99.9 Å². The van der Waals surface area contributed by atoms with Crippen LogP contribution in [0.5, 0.6) is 0 Å². The number of fused-ring (bicyclic) bond motifs is 18. The Hall–Kier alpha value is -17.2. The lowest BCUT2D eigenvalue weighted by Crippen LogP contribution is -2.18. The van der Waals surface area contributed by atoms with Gasteiger partial charge in [-0.2, -0.15) is 0 Å². The van der Waals surface area contributed by atoms with Crippen LogP contribution >= 0.6 is 0 Å². The van der Waals surface area contributed by atoms with Crippen molar-refractivity contribution in [2.75, 3.05) is 9.80 Å². The minimum atomic E-state index is -0.105. The second-order valence-corrected chi connectivity index (χ2v) is 41.1. The molecule has 0 bridgehead atoms. The molecule has 4 aliphatic carbocycles. The van der Waals surface area contributed by atoms with Gasteiger partial charge < -0.3 is 18.9 Å². The predicted octanol–water partition coefficient (Wildman–Crippen LogP) is 37.4. The molecule has 0 atom stereocenters. The molecule has 0 saturated carbocycles. The molecule has 4 heteroatoms. The summed E-state index contributed by atoms with van der Waals surface area (Å²) >= 11 is 0. The highest BCUT2D eigenvalue weighted by Crippen LogP contribution is 2.57. The minimum absolute atomic E-state index is 0.103. The number of rotatable bonds is 15. The van der Waals surface area contributed by atoms with Gasteiger partial charge in [0.15, 0.2) is 0 Å². The Morgan fingerprint density at radius 3 is 0.592 bits per heavy atom. The SMILES string of the molecule is CC1(C)c2ccccc2-c2ccc(N(c3ccc(-c4ccc(-c5ccc(-c6ccc(-c7ccc8c(c7)c7ccccc7n8-c7ccccc7)cc6)cc5)cc4)cc3)c3ccc4c(c3)C(C)(C)c3ccccc3-4)cc21.CC1(C)c2ccccc2-c2ccc(N(c3ccc(-c4ccc(-c5ccc(-c6ccc7c(c6)c6ccccc6n7-c6ccccc6)cc5)cc4)cc3)c3ccc4c(c3)C(C)(C)c3ccccc3-4)cc21. The van der Waals surface area contributed by atoms with E-state index in [1.165, 1.54) is 222 Å². The van der Waals surface area contributed by atoms with Crippen LogP contribution in [0.4, 0.5) is 34.1 Å². The van der Waals surface area contributed by atoms with E-state index in [0.717, 1.165) is 34.1 Å². The van der Waals surface area contributed by atoms with Crippen molar-refractivity contribution in [3.8, 4) is 134 Å². The molecule has 0 aliphatic heterocycles. The first kappa shape index (κ1) is 85.3. The van der Waals surface area contributed by atoms with Crippen molar-refractivity contribution in [1.29, 1.82) is 0 Å². The van der Waals surface area contributed by atoms with Crippen LogP contribution in [-0.2, 0) is 21.7 Å². The number of para-hydroxylation sites is 4. The molecule has 2 heterocycles. The molecule has 0 fully saturated rings. The molecular formula is C138H104N4. The molecule has 0 N–H and O–H groups in total. The molecule has 27 rings (SSSR count). The molecule has 21 aromatic carbocycles. The average molecular weight is 1820 g/mol. The molecule has 142 heavy (non-hydrogen) atoms. The summed E-state index contributed by atoms with van der Waals surface area (Å²) in [4.78, 5) is 4.91. The van der Waals surface area contributed by atoms with E-state index in [1.54, 1.807) is 0 Å². The summed E-state index contributed by atoms with van der Waals surface area (Å²) in [6, 6.07) is 180. The molecule has 4 nitrogen and oxygen atoms in total. The molecule has 2 aromatic heterocycles. The first-order valence-electron chi connectivity index (χ1n) is 49.9. The van der Waals surface area contributed by atoms with Crippen LogP contribution in [-0.4, -0.2) is 9.13 Å². The summed E-state index contributed by atoms with van der Waals surface area (Å²) in [6.45, 7) is 18.9. The summed E-state index contributed by atoms with van der Waals surface area (Å²) in [5, 5.41) is 5.06. The van der Waals surface area contributed by atoms with Crippen LogP contribution in [0.15, 0.2) is 485 Å². The predicted molar refractivity (Wildman–Crippen MR) is 599 cm³/mol. The lowest BCUT2D eigenvalue weighted by Gasteiger charge is -2.30. The van der Waals surface area contributed by atoms with Crippen LogP contribution < -0.4 is 9.80 Å². The van der Waals surface area contributed by atoms with Gasteiger partial charge in [-0.05, 0) is 300 Å². The topological polar surface area (TPSA) is 16.3 Å². The van der Waals surface area contributed by atoms with Gasteiger partial charge in [-0.15, -0.1) is 0 Å². The van der Waals surface area contributed by atoms with E-state index in [1.807, 2.05) is 0 Å². The molecule has 4 aliphatic rings. The summed E-state index contributed by atoms with van der Waals surface area (Å²) < 4.78 is 4.74. The third-order valence-electron chi connectivity index (χ3n) is 31.7. The van der Waals surface area contributed by atoms with Gasteiger partial charge in [0.1, 0.15) is 0 Å². The van der Waals surface area contributed by atoms with Crippen molar-refractivity contribution >= 4 is 77.7 Å². The molecule has 0 spiro atoms. The highest BCUT2D eigenvalue weighted by molar-refractivity contribution is 6.12. The summed E-state index contributed by atoms with van der Waals surface area (Å²) in [5.74, 6) is 0. The molecular weight excluding hydrogens is 1710 g/mol. The van der Waals surface area contributed by atoms with E-state index in [9.17, 15) is 0 Å². The van der Waals surface area contributed by atoms with Crippen LogP contribution in [0.25, 0.3) is 177 Å². The Kier molecular flexibility index (Phi) is 20.0. The van der Waals surface area contributed by atoms with Crippen molar-refractivity contribution in [3.63, 3.8) is 0 Å². The van der Waals surface area contributed by atoms with Gasteiger partial charge >= 0.3 is 0 Å². The third kappa shape index (κ3) is 14.0. The molecule has 676 valence electrons. The van der Waals surface area contributed by atoms with Gasteiger partial charge in [0.25, 0.3) is 0 Å². The van der Waals surface area contributed by atoms with Crippen LogP contribution in [0.2, 0.25) is 0 Å². The Labute approximate surface area is 831 Å². The fourth-order valence-electron chi connectivity index (χ4n) is 24.1. The zero-order valence-electron chi connectivity index (χ0n) is 81.0. The summed E-state index contributed by atoms with van der Waals surface area (Å²) in [7, 11) is 0. The second kappa shape index (κ2) is 33.3. The largest absolute Gasteiger partial charge is 0.310 e. The summed E-state index contributed by atoms with van der Waals surface area (Å²) in [6.07, 6.45) is 0. The first-order valence-corrected chi connectivity index (χ1v) is 49.9. The lowest BCUT2D eigenvalue weighted by atomic mass is 9.82. The van der Waals surface area contributed by atoms with Crippen molar-refractivity contribution < 1.29 is 0 Å². The molecule has 0 radical (unpaired) electrons. The van der Waals surface area contributed by atoms with Gasteiger partial charge in [0, 0.05) is 88.7 Å². The van der Waals surface area contributed by atoms with Gasteiger partial charge in [-0.3, -0.25) is 0 Å². The van der Waals surface area contributed by atoms with Gasteiger partial charge in [-0.25, -0.2) is 0 Å². The Morgan fingerprint density at radius 2 is 0.331 bits per heavy atom. The maximum Gasteiger partial charge on any atom is 0.0541 e. The van der Waals surface area contributed by atoms with E-state index >= 15 is 0 Å². The number of anilines is 6. The smallest absolute Gasteiger partial charge is 0.0541 e. The highest BCUT2D eigenvalue weighted by atomic mass is 15.1. The number of nitrogens with zero attached hydrogens (tertiary/aromatic N) is 4.